The van der Waals surface area contributed by atoms with Gasteiger partial charge in [-0.25, -0.2) is 4.98 Å². The molecule has 1 aliphatic rings. The van der Waals surface area contributed by atoms with Crippen molar-refractivity contribution in [2.24, 2.45) is 0 Å². The van der Waals surface area contributed by atoms with E-state index in [0.29, 0.717) is 29.3 Å². The second-order valence-corrected chi connectivity index (χ2v) is 6.19. The van der Waals surface area contributed by atoms with Crippen LogP contribution in [0.5, 0.6) is 0 Å². The zero-order chi connectivity index (χ0) is 15.1. The van der Waals surface area contributed by atoms with E-state index in [9.17, 15) is 4.79 Å². The van der Waals surface area contributed by atoms with Gasteiger partial charge in [0.1, 0.15) is 10.7 Å². The third kappa shape index (κ3) is 4.86. The maximum absolute atomic E-state index is 12.0. The molecule has 7 heteroatoms. The van der Waals surface area contributed by atoms with Gasteiger partial charge in [-0.1, -0.05) is 31.1 Å². The highest BCUT2D eigenvalue weighted by Gasteiger charge is 2.17. The van der Waals surface area contributed by atoms with Gasteiger partial charge in [0.25, 0.3) is 5.91 Å². The van der Waals surface area contributed by atoms with Gasteiger partial charge in [0.2, 0.25) is 0 Å². The van der Waals surface area contributed by atoms with E-state index in [0.717, 1.165) is 25.8 Å². The van der Waals surface area contributed by atoms with Crippen LogP contribution in [0.15, 0.2) is 0 Å². The summed E-state index contributed by atoms with van der Waals surface area (Å²) in [6, 6.07) is 0. The number of carbonyl (C=O) groups is 1. The molecule has 0 aromatic carbocycles. The Morgan fingerprint density at radius 1 is 1.43 bits per heavy atom. The van der Waals surface area contributed by atoms with Crippen LogP contribution in [-0.4, -0.2) is 36.7 Å². The van der Waals surface area contributed by atoms with Gasteiger partial charge in [-0.15, -0.1) is 0 Å². The smallest absolute Gasteiger partial charge is 0.265 e. The second-order valence-electron chi connectivity index (χ2n) is 5.19. The molecule has 1 saturated carbocycles. The van der Waals surface area contributed by atoms with Gasteiger partial charge in [0, 0.05) is 13.1 Å². The molecule has 0 spiro atoms. The van der Waals surface area contributed by atoms with Gasteiger partial charge in [-0.3, -0.25) is 4.79 Å². The molecule has 1 aromatic rings. The maximum atomic E-state index is 12.0. The number of nitrogens with one attached hydrogen (secondary N) is 2. The number of amides is 1. The summed E-state index contributed by atoms with van der Waals surface area (Å²) in [4.78, 5) is 16.7. The lowest BCUT2D eigenvalue weighted by Crippen LogP contribution is -2.28. The molecular formula is C14H24N4O2S. The van der Waals surface area contributed by atoms with Crippen molar-refractivity contribution in [3.63, 3.8) is 0 Å². The number of nitrogen functional groups attached to an aromatic ring is 1. The number of rotatable bonds is 8. The summed E-state index contributed by atoms with van der Waals surface area (Å²) in [7, 11) is 0. The fraction of sp³-hybridized carbons (Fsp3) is 0.714. The Balaban J connectivity index is 1.73. The third-order valence-electron chi connectivity index (χ3n) is 3.43. The van der Waals surface area contributed by atoms with Crippen LogP contribution < -0.4 is 16.4 Å². The number of anilines is 2. The quantitative estimate of drug-likeness (QED) is 0.641. The minimum absolute atomic E-state index is 0.176. The fourth-order valence-electron chi connectivity index (χ4n) is 2.33. The van der Waals surface area contributed by atoms with Crippen LogP contribution in [0.2, 0.25) is 0 Å². The Kier molecular flexibility index (Phi) is 6.25. The first-order chi connectivity index (χ1) is 10.2. The van der Waals surface area contributed by atoms with Crippen molar-refractivity contribution in [2.75, 3.05) is 30.7 Å². The van der Waals surface area contributed by atoms with Crippen molar-refractivity contribution in [2.45, 2.75) is 45.1 Å². The van der Waals surface area contributed by atoms with Gasteiger partial charge >= 0.3 is 0 Å². The molecule has 1 fully saturated rings. The molecule has 2 rings (SSSR count). The number of nitrogens with zero attached hydrogens (tertiary/aromatic N) is 1. The number of carbonyl (C=O) groups excluding carboxylic acids is 1. The van der Waals surface area contributed by atoms with E-state index < -0.39 is 0 Å². The van der Waals surface area contributed by atoms with Crippen LogP contribution in [0.25, 0.3) is 0 Å². The van der Waals surface area contributed by atoms with E-state index in [1.165, 1.54) is 24.2 Å². The van der Waals surface area contributed by atoms with Gasteiger partial charge in [0.15, 0.2) is 5.13 Å². The maximum Gasteiger partial charge on any atom is 0.265 e. The molecule has 4 N–H and O–H groups in total. The zero-order valence-corrected chi connectivity index (χ0v) is 13.3. The SMILES string of the molecule is CCCNc1nc(N)c(C(=O)NCCOC2CCCC2)s1. The molecule has 1 heterocycles. The molecule has 1 aliphatic carbocycles. The molecule has 0 saturated heterocycles. The van der Waals surface area contributed by atoms with Crippen molar-refractivity contribution in [3.8, 4) is 0 Å². The molecule has 1 amide bonds. The number of hydrogen-bond acceptors (Lipinski definition) is 6. The first-order valence-corrected chi connectivity index (χ1v) is 8.42. The minimum Gasteiger partial charge on any atom is -0.382 e. The number of ether oxygens (including phenoxy) is 1. The van der Waals surface area contributed by atoms with E-state index in [1.807, 2.05) is 0 Å². The Hall–Kier alpha value is -1.34. The van der Waals surface area contributed by atoms with Crippen LogP contribution in [0.3, 0.4) is 0 Å². The average molecular weight is 312 g/mol. The lowest BCUT2D eigenvalue weighted by atomic mass is 10.3. The normalized spacial score (nSPS) is 15.3. The highest BCUT2D eigenvalue weighted by atomic mass is 32.1. The van der Waals surface area contributed by atoms with Crippen LogP contribution in [-0.2, 0) is 4.74 Å². The summed E-state index contributed by atoms with van der Waals surface area (Å²) < 4.78 is 5.71. The Morgan fingerprint density at radius 3 is 2.90 bits per heavy atom. The Bertz CT molecular complexity index is 458. The van der Waals surface area contributed by atoms with Crippen molar-refractivity contribution in [1.82, 2.24) is 10.3 Å². The van der Waals surface area contributed by atoms with Crippen molar-refractivity contribution in [1.29, 1.82) is 0 Å². The van der Waals surface area contributed by atoms with Crippen molar-refractivity contribution >= 4 is 28.2 Å². The molecule has 118 valence electrons. The fourth-order valence-corrected chi connectivity index (χ4v) is 3.15. The summed E-state index contributed by atoms with van der Waals surface area (Å²) in [5.41, 5.74) is 5.79. The number of thiazole rings is 1. The number of nitrogens with two attached hydrogens (primary N) is 1. The van der Waals surface area contributed by atoms with Gasteiger partial charge in [-0.2, -0.15) is 0 Å². The molecule has 6 nitrogen and oxygen atoms in total. The largest absolute Gasteiger partial charge is 0.382 e. The molecule has 0 atom stereocenters. The molecule has 0 aliphatic heterocycles. The van der Waals surface area contributed by atoms with E-state index in [2.05, 4.69) is 22.5 Å². The lowest BCUT2D eigenvalue weighted by Gasteiger charge is -2.11. The molecule has 0 bridgehead atoms. The van der Waals surface area contributed by atoms with Gasteiger partial charge in [0.05, 0.1) is 12.7 Å². The minimum atomic E-state index is -0.176. The highest BCUT2D eigenvalue weighted by Crippen LogP contribution is 2.24. The Morgan fingerprint density at radius 2 is 2.19 bits per heavy atom. The number of hydrogen-bond donors (Lipinski definition) is 3. The van der Waals surface area contributed by atoms with Crippen molar-refractivity contribution in [3.05, 3.63) is 4.88 Å². The summed E-state index contributed by atoms with van der Waals surface area (Å²) in [5, 5.41) is 6.67. The van der Waals surface area contributed by atoms with Crippen LogP contribution in [0.4, 0.5) is 10.9 Å². The van der Waals surface area contributed by atoms with E-state index in [1.54, 1.807) is 0 Å². The highest BCUT2D eigenvalue weighted by molar-refractivity contribution is 7.18. The summed E-state index contributed by atoms with van der Waals surface area (Å²) >= 11 is 1.29. The van der Waals surface area contributed by atoms with Gasteiger partial charge in [-0.05, 0) is 19.3 Å². The summed E-state index contributed by atoms with van der Waals surface area (Å²) in [6.07, 6.45) is 6.16. The predicted octanol–water partition coefficient (Wildman–Crippen LogP) is 2.24. The number of aromatic nitrogens is 1. The van der Waals surface area contributed by atoms with Gasteiger partial charge < -0.3 is 21.1 Å². The summed E-state index contributed by atoms with van der Waals surface area (Å²) in [6.45, 7) is 3.95. The average Bonchev–Trinajstić information content (AvgIpc) is 3.10. The summed E-state index contributed by atoms with van der Waals surface area (Å²) in [5.74, 6) is 0.109. The molecule has 0 radical (unpaired) electrons. The molecule has 21 heavy (non-hydrogen) atoms. The molecule has 1 aromatic heterocycles. The third-order valence-corrected chi connectivity index (χ3v) is 4.46. The lowest BCUT2D eigenvalue weighted by molar-refractivity contribution is 0.0582. The Labute approximate surface area is 129 Å². The van der Waals surface area contributed by atoms with Crippen molar-refractivity contribution < 1.29 is 9.53 Å². The van der Waals surface area contributed by atoms with Crippen LogP contribution >= 0.6 is 11.3 Å². The monoisotopic (exact) mass is 312 g/mol. The van der Waals surface area contributed by atoms with Crippen LogP contribution in [0, 0.1) is 0 Å². The van der Waals surface area contributed by atoms with E-state index >= 15 is 0 Å². The van der Waals surface area contributed by atoms with Crippen LogP contribution in [0.1, 0.15) is 48.7 Å². The zero-order valence-electron chi connectivity index (χ0n) is 12.5. The van der Waals surface area contributed by atoms with E-state index in [-0.39, 0.29) is 11.7 Å². The predicted molar refractivity (Wildman–Crippen MR) is 85.8 cm³/mol. The molecular weight excluding hydrogens is 288 g/mol. The molecule has 0 unspecified atom stereocenters. The first kappa shape index (κ1) is 16.0. The second kappa shape index (κ2) is 8.19. The topological polar surface area (TPSA) is 89.3 Å². The van der Waals surface area contributed by atoms with E-state index in [4.69, 9.17) is 10.5 Å². The standard InChI is InChI=1S/C14H24N4O2S/c1-2-7-17-14-18-12(15)11(21-14)13(19)16-8-9-20-10-5-3-4-6-10/h10H,2-9,15H2,1H3,(H,16,19)(H,17,18). The first-order valence-electron chi connectivity index (χ1n) is 7.60.